The van der Waals surface area contributed by atoms with Gasteiger partial charge in [0.15, 0.2) is 11.6 Å². The summed E-state index contributed by atoms with van der Waals surface area (Å²) in [6.45, 7) is 2.62. The lowest BCUT2D eigenvalue weighted by molar-refractivity contribution is -0.119. The van der Waals surface area contributed by atoms with Gasteiger partial charge in [0.2, 0.25) is 0 Å². The second kappa shape index (κ2) is 6.38. The second-order valence-electron chi connectivity index (χ2n) is 4.70. The van der Waals surface area contributed by atoms with Crippen molar-refractivity contribution in [2.45, 2.75) is 13.8 Å². The Balaban J connectivity index is 2.36. The van der Waals surface area contributed by atoms with E-state index in [4.69, 9.17) is 9.62 Å². The van der Waals surface area contributed by atoms with E-state index in [1.54, 1.807) is 24.3 Å². The quantitative estimate of drug-likeness (QED) is 0.394. The number of rotatable bonds is 5. The van der Waals surface area contributed by atoms with Crippen molar-refractivity contribution in [1.29, 1.82) is 0 Å². The molecule has 0 unspecified atom stereocenters. The Bertz CT molecular complexity index is 726. The average Bonchev–Trinajstić information content (AvgIpc) is 2.93. The summed E-state index contributed by atoms with van der Waals surface area (Å²) in [6.07, 6.45) is 1.38. The van der Waals surface area contributed by atoms with E-state index in [9.17, 15) is 14.8 Å². The molecule has 114 valence electrons. The molecule has 0 aliphatic heterocycles. The van der Waals surface area contributed by atoms with E-state index in [-0.39, 0.29) is 28.1 Å². The van der Waals surface area contributed by atoms with Gasteiger partial charge >= 0.3 is 0 Å². The summed E-state index contributed by atoms with van der Waals surface area (Å²) in [6, 6.07) is 9.47. The molecule has 0 radical (unpaired) electrons. The molecule has 0 bridgehead atoms. The van der Waals surface area contributed by atoms with Crippen LogP contribution in [0.2, 0.25) is 0 Å². The van der Waals surface area contributed by atoms with Crippen molar-refractivity contribution in [3.8, 4) is 11.3 Å². The standard InChI is InChI=1S/C16H14NO5/c1-10(18)15(11(2)19)9-14-6-7-16(22-14)12-4-3-5-13(8-12)17(20)21/h3-9,20H,1-2H3/q-1. The second-order valence-corrected chi connectivity index (χ2v) is 4.70. The van der Waals surface area contributed by atoms with Crippen LogP contribution in [0.15, 0.2) is 46.4 Å². The number of hydrogen-bond acceptors (Lipinski definition) is 6. The summed E-state index contributed by atoms with van der Waals surface area (Å²) in [5, 5.41) is 19.6. The molecule has 0 fully saturated rings. The lowest BCUT2D eigenvalue weighted by atomic mass is 10.1. The van der Waals surface area contributed by atoms with Gasteiger partial charge in [0.25, 0.3) is 0 Å². The number of carbonyl (C=O) groups excluding carboxylic acids is 2. The lowest BCUT2D eigenvalue weighted by Crippen LogP contribution is -2.06. The van der Waals surface area contributed by atoms with Gasteiger partial charge in [0.1, 0.15) is 11.5 Å². The molecule has 1 N–H and O–H groups in total. The van der Waals surface area contributed by atoms with Gasteiger partial charge < -0.3 is 14.9 Å². The van der Waals surface area contributed by atoms with Crippen molar-refractivity contribution in [2.24, 2.45) is 0 Å². The third kappa shape index (κ3) is 3.49. The number of nitrogens with zero attached hydrogens (tertiary/aromatic N) is 1. The van der Waals surface area contributed by atoms with E-state index < -0.39 is 0 Å². The average molecular weight is 300 g/mol. The third-order valence-electron chi connectivity index (χ3n) is 3.02. The smallest absolute Gasteiger partial charge is 0.163 e. The zero-order chi connectivity index (χ0) is 16.3. The SMILES string of the molecule is CC(=O)C(=Cc1ccc(-c2cccc(N([O-])O)c2)o1)C(C)=O. The van der Waals surface area contributed by atoms with Crippen LogP contribution in [0.4, 0.5) is 5.69 Å². The minimum atomic E-state index is -0.338. The van der Waals surface area contributed by atoms with Crippen molar-refractivity contribution in [2.75, 3.05) is 5.23 Å². The fourth-order valence-electron chi connectivity index (χ4n) is 1.96. The normalized spacial score (nSPS) is 10.2. The molecule has 22 heavy (non-hydrogen) atoms. The number of ketones is 2. The predicted octanol–water partition coefficient (Wildman–Crippen LogP) is 3.20. The molecule has 0 aliphatic rings. The highest BCUT2D eigenvalue weighted by Gasteiger charge is 2.11. The maximum Gasteiger partial charge on any atom is 0.163 e. The van der Waals surface area contributed by atoms with Crippen LogP contribution in [0, 0.1) is 5.21 Å². The Kier molecular flexibility index (Phi) is 4.55. The Morgan fingerprint density at radius 3 is 2.45 bits per heavy atom. The van der Waals surface area contributed by atoms with Crippen molar-refractivity contribution >= 4 is 23.3 Å². The van der Waals surface area contributed by atoms with E-state index in [0.29, 0.717) is 17.1 Å². The van der Waals surface area contributed by atoms with Gasteiger partial charge in [0, 0.05) is 5.56 Å². The molecular weight excluding hydrogens is 286 g/mol. The molecule has 2 rings (SSSR count). The number of allylic oxidation sites excluding steroid dienone is 1. The number of Topliss-reactive ketones (excluding diaryl/α,β-unsaturated/α-hetero) is 2. The van der Waals surface area contributed by atoms with Crippen LogP contribution < -0.4 is 5.23 Å². The van der Waals surface area contributed by atoms with Crippen LogP contribution in [-0.4, -0.2) is 16.8 Å². The first kappa shape index (κ1) is 15.7. The van der Waals surface area contributed by atoms with Crippen LogP contribution in [0.3, 0.4) is 0 Å². The molecule has 1 aromatic carbocycles. The van der Waals surface area contributed by atoms with Gasteiger partial charge in [-0.1, -0.05) is 12.1 Å². The van der Waals surface area contributed by atoms with Gasteiger partial charge in [-0.2, -0.15) is 0 Å². The van der Waals surface area contributed by atoms with Gasteiger partial charge in [-0.25, -0.2) is 0 Å². The largest absolute Gasteiger partial charge is 0.733 e. The lowest BCUT2D eigenvalue weighted by Gasteiger charge is -2.21. The number of hydrogen-bond donors (Lipinski definition) is 1. The topological polar surface area (TPSA) is 93.8 Å². The fourth-order valence-corrected chi connectivity index (χ4v) is 1.96. The minimum absolute atomic E-state index is 0.0516. The van der Waals surface area contributed by atoms with Gasteiger partial charge in [-0.05, 0) is 44.2 Å². The molecule has 0 spiro atoms. The van der Waals surface area contributed by atoms with Crippen molar-refractivity contribution in [3.63, 3.8) is 0 Å². The summed E-state index contributed by atoms with van der Waals surface area (Å²) >= 11 is 0. The maximum absolute atomic E-state index is 11.4. The van der Waals surface area contributed by atoms with E-state index in [2.05, 4.69) is 0 Å². The first-order valence-corrected chi connectivity index (χ1v) is 6.48. The number of furan rings is 1. The van der Waals surface area contributed by atoms with Gasteiger partial charge in [-0.15, -0.1) is 0 Å². The fraction of sp³-hybridized carbons (Fsp3) is 0.125. The van der Waals surface area contributed by atoms with Crippen LogP contribution in [0.1, 0.15) is 19.6 Å². The Hall–Kier alpha value is -2.70. The van der Waals surface area contributed by atoms with E-state index in [0.717, 1.165) is 0 Å². The number of benzene rings is 1. The molecule has 0 aliphatic carbocycles. The van der Waals surface area contributed by atoms with Crippen molar-refractivity contribution < 1.29 is 19.2 Å². The molecule has 6 heteroatoms. The van der Waals surface area contributed by atoms with E-state index in [1.165, 1.54) is 32.1 Å². The highest BCUT2D eigenvalue weighted by Crippen LogP contribution is 2.26. The summed E-state index contributed by atoms with van der Waals surface area (Å²) in [5.74, 6) is 0.120. The Labute approximate surface area is 126 Å². The first-order chi connectivity index (χ1) is 10.4. The first-order valence-electron chi connectivity index (χ1n) is 6.48. The molecule has 2 aromatic rings. The molecule has 0 saturated heterocycles. The van der Waals surface area contributed by atoms with Gasteiger partial charge in [0.05, 0.1) is 11.3 Å². The molecule has 6 nitrogen and oxygen atoms in total. The number of carbonyl (C=O) groups is 2. The molecule has 1 aromatic heterocycles. The highest BCUT2D eigenvalue weighted by molar-refractivity contribution is 6.21. The van der Waals surface area contributed by atoms with Crippen LogP contribution in [0.5, 0.6) is 0 Å². The Morgan fingerprint density at radius 1 is 1.18 bits per heavy atom. The Morgan fingerprint density at radius 2 is 1.86 bits per heavy atom. The van der Waals surface area contributed by atoms with Crippen LogP contribution in [0.25, 0.3) is 17.4 Å². The van der Waals surface area contributed by atoms with E-state index >= 15 is 0 Å². The highest BCUT2D eigenvalue weighted by atomic mass is 16.8. The maximum atomic E-state index is 11.4. The molecule has 0 atom stereocenters. The zero-order valence-electron chi connectivity index (χ0n) is 12.1. The number of anilines is 1. The molecule has 0 saturated carbocycles. The van der Waals surface area contributed by atoms with Crippen LogP contribution in [-0.2, 0) is 9.59 Å². The van der Waals surface area contributed by atoms with Crippen molar-refractivity contribution in [1.82, 2.24) is 0 Å². The summed E-state index contributed by atoms with van der Waals surface area (Å²) < 4.78 is 5.55. The third-order valence-corrected chi connectivity index (χ3v) is 3.02. The summed E-state index contributed by atoms with van der Waals surface area (Å²) in [4.78, 5) is 22.8. The summed E-state index contributed by atoms with van der Waals surface area (Å²) in [5.41, 5.74) is 0.703. The van der Waals surface area contributed by atoms with Crippen molar-refractivity contribution in [3.05, 3.63) is 52.9 Å². The van der Waals surface area contributed by atoms with Gasteiger partial charge in [-0.3, -0.25) is 14.8 Å². The molecular formula is C16H14NO5-. The monoisotopic (exact) mass is 300 g/mol. The summed E-state index contributed by atoms with van der Waals surface area (Å²) in [7, 11) is 0. The van der Waals surface area contributed by atoms with E-state index in [1.807, 2.05) is 0 Å². The predicted molar refractivity (Wildman–Crippen MR) is 81.1 cm³/mol. The zero-order valence-corrected chi connectivity index (χ0v) is 12.1. The minimum Gasteiger partial charge on any atom is -0.733 e. The molecule has 0 amide bonds. The molecule has 1 heterocycles. The van der Waals surface area contributed by atoms with Crippen LogP contribution >= 0.6 is 0 Å².